The van der Waals surface area contributed by atoms with Crippen molar-refractivity contribution in [3.8, 4) is 11.7 Å². The van der Waals surface area contributed by atoms with Crippen molar-refractivity contribution in [3.05, 3.63) is 59.0 Å². The maximum Gasteiger partial charge on any atom is 0.434 e. The van der Waals surface area contributed by atoms with E-state index in [1.807, 2.05) is 26.8 Å². The molecule has 0 radical (unpaired) electrons. The molecule has 13 nitrogen and oxygen atoms in total. The molecule has 0 aliphatic heterocycles. The minimum Gasteiger partial charge on any atom is -0.480 e. The van der Waals surface area contributed by atoms with E-state index >= 15 is 0 Å². The Morgan fingerprint density at radius 2 is 1.78 bits per heavy atom. The Hall–Kier alpha value is -4.78. The summed E-state index contributed by atoms with van der Waals surface area (Å²) in [5, 5.41) is 15.1. The summed E-state index contributed by atoms with van der Waals surface area (Å²) in [5.41, 5.74) is 2.10. The molecule has 3 heterocycles. The molecule has 240 valence electrons. The SMILES string of the molecule is CCCCCCOCCOC(=O)n1cc2cc(C)c(NC(=O)c3cc(OC)nn3-c3ncccc3C)c(C(=O)NC(C)C)c2n1. The standard InChI is InChI=1S/C32H41N7O6/c1-7-8-9-10-14-44-15-16-45-32(42)38-19-23-17-22(5)27(26(28(23)37-38)31(41)34-20(2)3)35-30(40)24-18-25(43-6)36-39(24)29-21(4)12-11-13-33-29/h11-13,17-20H,7-10,14-16H2,1-6H3,(H,34,41)(H,35,40). The van der Waals surface area contributed by atoms with Crippen LogP contribution in [0.4, 0.5) is 10.5 Å². The third kappa shape index (κ3) is 8.04. The first-order valence-corrected chi connectivity index (χ1v) is 15.1. The van der Waals surface area contributed by atoms with E-state index in [-0.39, 0.29) is 47.6 Å². The van der Waals surface area contributed by atoms with E-state index < -0.39 is 17.9 Å². The number of hydrogen-bond acceptors (Lipinski definition) is 9. The zero-order valence-corrected chi connectivity index (χ0v) is 26.7. The van der Waals surface area contributed by atoms with E-state index in [9.17, 15) is 14.4 Å². The molecule has 0 atom stereocenters. The van der Waals surface area contributed by atoms with Gasteiger partial charge in [-0.25, -0.2) is 14.5 Å². The van der Waals surface area contributed by atoms with Gasteiger partial charge in [0.25, 0.3) is 11.8 Å². The Morgan fingerprint density at radius 3 is 2.49 bits per heavy atom. The molecule has 0 fully saturated rings. The third-order valence-corrected chi connectivity index (χ3v) is 6.97. The van der Waals surface area contributed by atoms with Crippen LogP contribution in [0.2, 0.25) is 0 Å². The number of aryl methyl sites for hydroxylation is 2. The van der Waals surface area contributed by atoms with Crippen LogP contribution in [0.3, 0.4) is 0 Å². The van der Waals surface area contributed by atoms with Gasteiger partial charge in [0.15, 0.2) is 5.82 Å². The molecule has 2 amide bonds. The van der Waals surface area contributed by atoms with Crippen LogP contribution in [0.25, 0.3) is 16.7 Å². The number of carbonyl (C=O) groups excluding carboxylic acids is 3. The van der Waals surface area contributed by atoms with Gasteiger partial charge in [-0.2, -0.15) is 9.78 Å². The van der Waals surface area contributed by atoms with E-state index in [1.165, 1.54) is 24.1 Å². The number of amides is 2. The summed E-state index contributed by atoms with van der Waals surface area (Å²) in [7, 11) is 1.45. The molecule has 0 saturated heterocycles. The van der Waals surface area contributed by atoms with Gasteiger partial charge in [-0.15, -0.1) is 5.10 Å². The van der Waals surface area contributed by atoms with Crippen molar-refractivity contribution in [1.82, 2.24) is 29.9 Å². The van der Waals surface area contributed by atoms with Crippen molar-refractivity contribution in [2.45, 2.75) is 66.3 Å². The largest absolute Gasteiger partial charge is 0.480 e. The number of carbonyl (C=O) groups is 3. The van der Waals surface area contributed by atoms with Crippen LogP contribution >= 0.6 is 0 Å². The highest BCUT2D eigenvalue weighted by Crippen LogP contribution is 2.31. The highest BCUT2D eigenvalue weighted by Gasteiger charge is 2.26. The summed E-state index contributed by atoms with van der Waals surface area (Å²) in [6, 6.07) is 6.67. The summed E-state index contributed by atoms with van der Waals surface area (Å²) in [6.07, 6.45) is 6.78. The monoisotopic (exact) mass is 619 g/mol. The highest BCUT2D eigenvalue weighted by molar-refractivity contribution is 6.15. The minimum atomic E-state index is -0.707. The van der Waals surface area contributed by atoms with Gasteiger partial charge < -0.3 is 24.8 Å². The minimum absolute atomic E-state index is 0.0662. The Morgan fingerprint density at radius 1 is 0.978 bits per heavy atom. The number of aromatic nitrogens is 5. The number of nitrogens with one attached hydrogen (secondary N) is 2. The topological polar surface area (TPSA) is 151 Å². The zero-order valence-electron chi connectivity index (χ0n) is 26.7. The van der Waals surface area contributed by atoms with Crippen LogP contribution in [-0.4, -0.2) is 75.4 Å². The number of benzene rings is 1. The van der Waals surface area contributed by atoms with Gasteiger partial charge >= 0.3 is 6.09 Å². The Balaban J connectivity index is 1.63. The summed E-state index contributed by atoms with van der Waals surface area (Å²) in [4.78, 5) is 44.6. The van der Waals surface area contributed by atoms with Crippen LogP contribution in [0.15, 0.2) is 36.7 Å². The number of unbranched alkanes of at least 4 members (excludes halogenated alkanes) is 3. The summed E-state index contributed by atoms with van der Waals surface area (Å²) in [6.45, 7) is 10.4. The van der Waals surface area contributed by atoms with Crippen LogP contribution in [0.1, 0.15) is 78.4 Å². The molecule has 0 saturated carbocycles. The molecule has 1 aromatic carbocycles. The third-order valence-electron chi connectivity index (χ3n) is 6.97. The number of hydrogen-bond donors (Lipinski definition) is 2. The number of methoxy groups -OCH3 is 1. The number of anilines is 1. The fraction of sp³-hybridized carbons (Fsp3) is 0.438. The van der Waals surface area contributed by atoms with E-state index in [0.717, 1.165) is 35.9 Å². The lowest BCUT2D eigenvalue weighted by Crippen LogP contribution is -2.31. The Labute approximate surface area is 262 Å². The molecule has 4 aromatic rings. The van der Waals surface area contributed by atoms with Crippen molar-refractivity contribution in [3.63, 3.8) is 0 Å². The van der Waals surface area contributed by atoms with E-state index in [0.29, 0.717) is 23.4 Å². The molecule has 13 heteroatoms. The average molecular weight is 620 g/mol. The first-order valence-electron chi connectivity index (χ1n) is 15.1. The fourth-order valence-electron chi connectivity index (χ4n) is 4.76. The van der Waals surface area contributed by atoms with Crippen LogP contribution < -0.4 is 15.4 Å². The second kappa shape index (κ2) is 15.3. The Kier molecular flexibility index (Phi) is 11.3. The Bertz CT molecular complexity index is 1660. The van der Waals surface area contributed by atoms with E-state index in [4.69, 9.17) is 14.2 Å². The van der Waals surface area contributed by atoms with Gasteiger partial charge in [0, 0.05) is 36.5 Å². The lowest BCUT2D eigenvalue weighted by Gasteiger charge is -2.16. The van der Waals surface area contributed by atoms with Gasteiger partial charge in [-0.1, -0.05) is 32.3 Å². The van der Waals surface area contributed by atoms with Crippen molar-refractivity contribution in [1.29, 1.82) is 0 Å². The smallest absolute Gasteiger partial charge is 0.434 e. The van der Waals surface area contributed by atoms with Crippen LogP contribution in [0, 0.1) is 13.8 Å². The molecule has 0 aliphatic carbocycles. The average Bonchev–Trinajstić information content (AvgIpc) is 3.63. The van der Waals surface area contributed by atoms with Crippen molar-refractivity contribution >= 4 is 34.5 Å². The number of rotatable bonds is 14. The molecule has 0 bridgehead atoms. The van der Waals surface area contributed by atoms with Gasteiger partial charge in [-0.05, 0) is 57.4 Å². The molecule has 2 N–H and O–H groups in total. The molecule has 45 heavy (non-hydrogen) atoms. The lowest BCUT2D eigenvalue weighted by atomic mass is 10.0. The predicted octanol–water partition coefficient (Wildman–Crippen LogP) is 5.21. The van der Waals surface area contributed by atoms with E-state index in [1.54, 1.807) is 25.3 Å². The van der Waals surface area contributed by atoms with Crippen LogP contribution in [-0.2, 0) is 9.47 Å². The highest BCUT2D eigenvalue weighted by atomic mass is 16.6. The number of fused-ring (bicyclic) bond motifs is 1. The van der Waals surface area contributed by atoms with Crippen molar-refractivity contribution in [2.75, 3.05) is 32.2 Å². The number of ether oxygens (including phenoxy) is 3. The summed E-state index contributed by atoms with van der Waals surface area (Å²) in [5.74, 6) is -0.342. The second-order valence-electron chi connectivity index (χ2n) is 11.0. The molecular formula is C32H41N7O6. The zero-order chi connectivity index (χ0) is 32.5. The quantitative estimate of drug-likeness (QED) is 0.181. The van der Waals surface area contributed by atoms with Crippen LogP contribution in [0.5, 0.6) is 5.88 Å². The predicted molar refractivity (Wildman–Crippen MR) is 169 cm³/mol. The maximum atomic E-state index is 13.8. The first kappa shape index (κ1) is 33.1. The summed E-state index contributed by atoms with van der Waals surface area (Å²) >= 11 is 0. The lowest BCUT2D eigenvalue weighted by molar-refractivity contribution is 0.0704. The summed E-state index contributed by atoms with van der Waals surface area (Å²) < 4.78 is 18.6. The molecule has 0 aliphatic rings. The van der Waals surface area contributed by atoms with E-state index in [2.05, 4.69) is 32.7 Å². The molecule has 4 rings (SSSR count). The molecule has 0 unspecified atom stereocenters. The van der Waals surface area contributed by atoms with Gasteiger partial charge in [0.05, 0.1) is 25.0 Å². The van der Waals surface area contributed by atoms with Gasteiger partial charge in [0.1, 0.15) is 17.8 Å². The molecule has 0 spiro atoms. The maximum absolute atomic E-state index is 13.8. The van der Waals surface area contributed by atoms with Crippen molar-refractivity contribution in [2.24, 2.45) is 0 Å². The normalized spacial score (nSPS) is 11.2. The fourth-order valence-corrected chi connectivity index (χ4v) is 4.76. The number of nitrogens with zero attached hydrogens (tertiary/aromatic N) is 5. The van der Waals surface area contributed by atoms with Crippen molar-refractivity contribution < 1.29 is 28.6 Å². The number of pyridine rings is 1. The first-order chi connectivity index (χ1) is 21.6. The molecule has 3 aromatic heterocycles. The van der Waals surface area contributed by atoms with Gasteiger partial charge in [-0.3, -0.25) is 9.59 Å². The second-order valence-corrected chi connectivity index (χ2v) is 11.0. The van der Waals surface area contributed by atoms with Gasteiger partial charge in [0.2, 0.25) is 5.88 Å². The molecular weight excluding hydrogens is 578 g/mol.